The van der Waals surface area contributed by atoms with E-state index in [1.165, 1.54) is 0 Å². The average Bonchev–Trinajstić information content (AvgIpc) is 3.13. The summed E-state index contributed by atoms with van der Waals surface area (Å²) < 4.78 is 1.80. The lowest BCUT2D eigenvalue weighted by Gasteiger charge is -2.12. The lowest BCUT2D eigenvalue weighted by Crippen LogP contribution is -2.26. The lowest BCUT2D eigenvalue weighted by atomic mass is 10.1. The highest BCUT2D eigenvalue weighted by Gasteiger charge is 2.17. The first kappa shape index (κ1) is 17.9. The van der Waals surface area contributed by atoms with Crippen LogP contribution in [0.25, 0.3) is 5.69 Å². The van der Waals surface area contributed by atoms with E-state index in [0.717, 1.165) is 16.9 Å². The molecule has 1 heterocycles. The first-order valence-electron chi connectivity index (χ1n) is 8.84. The minimum atomic E-state index is -0.589. The van der Waals surface area contributed by atoms with E-state index in [1.807, 2.05) is 67.6 Å². The van der Waals surface area contributed by atoms with E-state index in [2.05, 4.69) is 10.4 Å². The van der Waals surface area contributed by atoms with Gasteiger partial charge in [0, 0.05) is 6.54 Å². The summed E-state index contributed by atoms with van der Waals surface area (Å²) in [6, 6.07) is 19.2. The van der Waals surface area contributed by atoms with Crippen molar-refractivity contribution in [2.75, 3.05) is 6.54 Å². The Morgan fingerprint density at radius 3 is 2.42 bits per heavy atom. The predicted molar refractivity (Wildman–Crippen MR) is 101 cm³/mol. The number of carbonyl (C=O) groups excluding carboxylic acids is 1. The van der Waals surface area contributed by atoms with E-state index in [-0.39, 0.29) is 5.91 Å². The number of benzene rings is 2. The van der Waals surface area contributed by atoms with Gasteiger partial charge in [0.15, 0.2) is 0 Å². The van der Waals surface area contributed by atoms with Crippen LogP contribution in [0, 0.1) is 0 Å². The van der Waals surface area contributed by atoms with Crippen molar-refractivity contribution in [2.45, 2.75) is 25.9 Å². The Morgan fingerprint density at radius 2 is 1.77 bits per heavy atom. The molecule has 0 aliphatic heterocycles. The minimum absolute atomic E-state index is 0.163. The summed E-state index contributed by atoms with van der Waals surface area (Å²) in [6.45, 7) is 2.40. The molecule has 0 aliphatic rings. The van der Waals surface area contributed by atoms with Crippen LogP contribution in [0.5, 0.6) is 0 Å². The molecule has 5 heteroatoms. The Hall–Kier alpha value is -2.92. The van der Waals surface area contributed by atoms with Crippen LogP contribution in [0.1, 0.15) is 41.1 Å². The molecular formula is C21H23N3O2. The fraction of sp³-hybridized carbons (Fsp3) is 0.238. The number of hydrogen-bond donors (Lipinski definition) is 2. The number of carbonyl (C=O) groups is 1. The van der Waals surface area contributed by atoms with E-state index in [4.69, 9.17) is 0 Å². The van der Waals surface area contributed by atoms with E-state index in [1.54, 1.807) is 10.9 Å². The molecule has 2 N–H and O–H groups in total. The number of amides is 1. The number of aliphatic hydroxyl groups is 1. The minimum Gasteiger partial charge on any atom is -0.388 e. The van der Waals surface area contributed by atoms with Crippen LogP contribution in [0.2, 0.25) is 0 Å². The quantitative estimate of drug-likeness (QED) is 0.688. The number of nitrogens with zero attached hydrogens (tertiary/aromatic N) is 2. The van der Waals surface area contributed by atoms with Gasteiger partial charge in [-0.05, 0) is 30.5 Å². The van der Waals surface area contributed by atoms with Gasteiger partial charge in [-0.1, -0.05) is 55.5 Å². The van der Waals surface area contributed by atoms with E-state index < -0.39 is 6.10 Å². The van der Waals surface area contributed by atoms with Crippen LogP contribution in [0.3, 0.4) is 0 Å². The molecule has 3 rings (SSSR count). The van der Waals surface area contributed by atoms with Crippen molar-refractivity contribution < 1.29 is 9.90 Å². The molecule has 0 aliphatic carbocycles. The van der Waals surface area contributed by atoms with Crippen molar-refractivity contribution in [3.05, 3.63) is 83.7 Å². The van der Waals surface area contributed by atoms with Gasteiger partial charge in [0.1, 0.15) is 0 Å². The van der Waals surface area contributed by atoms with Crippen LogP contribution in [0.4, 0.5) is 0 Å². The standard InChI is InChI=1S/C21H23N3O2/c1-2-19-18(15-23-24(19)17-11-7-4-8-12-17)21(26)22-14-13-20(25)16-9-5-3-6-10-16/h3-12,15,20,25H,2,13-14H2,1H3,(H,22,26). The van der Waals surface area contributed by atoms with Gasteiger partial charge in [0.05, 0.1) is 29.2 Å². The maximum atomic E-state index is 12.5. The summed E-state index contributed by atoms with van der Waals surface area (Å²) in [6.07, 6.45) is 2.18. The summed E-state index contributed by atoms with van der Waals surface area (Å²) in [5, 5.41) is 17.5. The third kappa shape index (κ3) is 4.00. The summed E-state index contributed by atoms with van der Waals surface area (Å²) in [5.74, 6) is -0.163. The van der Waals surface area contributed by atoms with Crippen LogP contribution in [-0.2, 0) is 6.42 Å². The van der Waals surface area contributed by atoms with Gasteiger partial charge in [-0.25, -0.2) is 4.68 Å². The van der Waals surface area contributed by atoms with Crippen molar-refractivity contribution in [2.24, 2.45) is 0 Å². The van der Waals surface area contributed by atoms with Crippen molar-refractivity contribution in [1.82, 2.24) is 15.1 Å². The molecule has 0 fully saturated rings. The molecule has 0 radical (unpaired) electrons. The number of rotatable bonds is 7. The molecule has 3 aromatic rings. The predicted octanol–water partition coefficient (Wildman–Crippen LogP) is 3.29. The molecule has 0 saturated heterocycles. The Kier molecular flexibility index (Phi) is 5.81. The SMILES string of the molecule is CCc1c(C(=O)NCCC(O)c2ccccc2)cnn1-c1ccccc1. The lowest BCUT2D eigenvalue weighted by molar-refractivity contribution is 0.0941. The highest BCUT2D eigenvalue weighted by Crippen LogP contribution is 2.17. The van der Waals surface area contributed by atoms with Crippen LogP contribution in [0.15, 0.2) is 66.9 Å². The van der Waals surface area contributed by atoms with Gasteiger partial charge in [-0.3, -0.25) is 4.79 Å². The maximum absolute atomic E-state index is 12.5. The monoisotopic (exact) mass is 349 g/mol. The van der Waals surface area contributed by atoms with Gasteiger partial charge in [0.25, 0.3) is 5.91 Å². The Labute approximate surface area is 153 Å². The summed E-state index contributed by atoms with van der Waals surface area (Å²) in [7, 11) is 0. The van der Waals surface area contributed by atoms with Gasteiger partial charge in [0.2, 0.25) is 0 Å². The van der Waals surface area contributed by atoms with Crippen LogP contribution < -0.4 is 5.32 Å². The normalized spacial score (nSPS) is 11.9. The van der Waals surface area contributed by atoms with Gasteiger partial charge in [-0.2, -0.15) is 5.10 Å². The molecule has 0 saturated carbocycles. The fourth-order valence-corrected chi connectivity index (χ4v) is 2.95. The zero-order valence-corrected chi connectivity index (χ0v) is 14.8. The Morgan fingerprint density at radius 1 is 1.12 bits per heavy atom. The van der Waals surface area contributed by atoms with Crippen LogP contribution in [-0.4, -0.2) is 27.3 Å². The van der Waals surface area contributed by atoms with Crippen molar-refractivity contribution >= 4 is 5.91 Å². The molecule has 134 valence electrons. The zero-order valence-electron chi connectivity index (χ0n) is 14.8. The number of para-hydroxylation sites is 1. The van der Waals surface area contributed by atoms with Crippen molar-refractivity contribution in [3.63, 3.8) is 0 Å². The Balaban J connectivity index is 1.64. The van der Waals surface area contributed by atoms with Gasteiger partial charge >= 0.3 is 0 Å². The molecule has 2 aromatic carbocycles. The molecule has 0 spiro atoms. The summed E-state index contributed by atoms with van der Waals surface area (Å²) >= 11 is 0. The third-order valence-corrected chi connectivity index (χ3v) is 4.34. The largest absolute Gasteiger partial charge is 0.388 e. The van der Waals surface area contributed by atoms with E-state index in [9.17, 15) is 9.90 Å². The second-order valence-corrected chi connectivity index (χ2v) is 6.08. The second kappa shape index (κ2) is 8.45. The fourth-order valence-electron chi connectivity index (χ4n) is 2.95. The Bertz CT molecular complexity index is 844. The first-order chi connectivity index (χ1) is 12.7. The van der Waals surface area contributed by atoms with Gasteiger partial charge in [-0.15, -0.1) is 0 Å². The molecule has 1 atom stereocenters. The highest BCUT2D eigenvalue weighted by atomic mass is 16.3. The van der Waals surface area contributed by atoms with Crippen LogP contribution >= 0.6 is 0 Å². The number of aromatic nitrogens is 2. The molecule has 0 bridgehead atoms. The second-order valence-electron chi connectivity index (χ2n) is 6.08. The van der Waals surface area contributed by atoms with Gasteiger partial charge < -0.3 is 10.4 Å². The molecule has 26 heavy (non-hydrogen) atoms. The zero-order chi connectivity index (χ0) is 18.4. The molecule has 5 nitrogen and oxygen atoms in total. The molecule has 1 unspecified atom stereocenters. The number of aliphatic hydroxyl groups excluding tert-OH is 1. The highest BCUT2D eigenvalue weighted by molar-refractivity contribution is 5.95. The summed E-state index contributed by atoms with van der Waals surface area (Å²) in [4.78, 5) is 12.5. The topological polar surface area (TPSA) is 67.2 Å². The van der Waals surface area contributed by atoms with E-state index >= 15 is 0 Å². The van der Waals surface area contributed by atoms with Crippen molar-refractivity contribution in [3.8, 4) is 5.69 Å². The van der Waals surface area contributed by atoms with E-state index in [0.29, 0.717) is 24.9 Å². The average molecular weight is 349 g/mol. The summed E-state index contributed by atoms with van der Waals surface area (Å²) in [5.41, 5.74) is 3.23. The smallest absolute Gasteiger partial charge is 0.254 e. The first-order valence-corrected chi connectivity index (χ1v) is 8.84. The van der Waals surface area contributed by atoms with Crippen molar-refractivity contribution in [1.29, 1.82) is 0 Å². The molecule has 1 aromatic heterocycles. The third-order valence-electron chi connectivity index (χ3n) is 4.34. The molecular weight excluding hydrogens is 326 g/mol. The number of hydrogen-bond acceptors (Lipinski definition) is 3. The number of nitrogens with one attached hydrogen (secondary N) is 1. The molecule has 1 amide bonds. The maximum Gasteiger partial charge on any atom is 0.254 e.